The number of amides is 4. The number of nitrogens with two attached hydrogens (primary N) is 1. The van der Waals surface area contributed by atoms with E-state index in [2.05, 4.69) is 10.6 Å². The van der Waals surface area contributed by atoms with Gasteiger partial charge in [-0.2, -0.15) is 0 Å². The van der Waals surface area contributed by atoms with E-state index in [0.29, 0.717) is 32.4 Å². The van der Waals surface area contributed by atoms with E-state index in [-0.39, 0.29) is 24.5 Å². The van der Waals surface area contributed by atoms with Gasteiger partial charge in [0.15, 0.2) is 0 Å². The Kier molecular flexibility index (Phi) is 7.76. The second-order valence-electron chi connectivity index (χ2n) is 9.92. The Labute approximate surface area is 189 Å². The van der Waals surface area contributed by atoms with E-state index < -0.39 is 35.5 Å². The summed E-state index contributed by atoms with van der Waals surface area (Å²) in [6.07, 6.45) is 4.31. The molecule has 10 nitrogen and oxygen atoms in total. The standard InChI is InChI=1S/C22H37N5O5/c1-22(2,3)32-13-15(18(23)28)25-19(29)16-8-5-11-26(16)21(31)17-9-6-12-27(17)20(30)14-7-4-10-24-14/h14-17,24H,4-13H2,1-3H3,(H2,23,28)(H,25,29)/t14-,15-,16-,17-/m0/s1. The lowest BCUT2D eigenvalue weighted by molar-refractivity contribution is -0.147. The maximum Gasteiger partial charge on any atom is 0.246 e. The number of nitrogens with zero attached hydrogens (tertiary/aromatic N) is 2. The Balaban J connectivity index is 1.64. The number of primary amides is 1. The first-order valence-corrected chi connectivity index (χ1v) is 11.7. The molecule has 3 fully saturated rings. The van der Waals surface area contributed by atoms with Gasteiger partial charge in [-0.3, -0.25) is 19.2 Å². The van der Waals surface area contributed by atoms with Crippen molar-refractivity contribution >= 4 is 23.6 Å². The van der Waals surface area contributed by atoms with Crippen molar-refractivity contribution in [2.75, 3.05) is 26.2 Å². The first kappa shape index (κ1) is 24.4. The van der Waals surface area contributed by atoms with E-state index in [4.69, 9.17) is 10.5 Å². The maximum absolute atomic E-state index is 13.4. The lowest BCUT2D eigenvalue weighted by Gasteiger charge is -2.32. The highest BCUT2D eigenvalue weighted by Gasteiger charge is 2.44. The molecule has 4 atom stereocenters. The molecule has 4 amide bonds. The first-order chi connectivity index (χ1) is 15.1. The average molecular weight is 452 g/mol. The largest absolute Gasteiger partial charge is 0.373 e. The molecule has 180 valence electrons. The Bertz CT molecular complexity index is 731. The Morgan fingerprint density at radius 3 is 2.19 bits per heavy atom. The third kappa shape index (κ3) is 5.78. The number of carbonyl (C=O) groups is 4. The van der Waals surface area contributed by atoms with Crippen LogP contribution in [0.2, 0.25) is 0 Å². The Morgan fingerprint density at radius 1 is 1.00 bits per heavy atom. The lowest BCUT2D eigenvalue weighted by atomic mass is 10.1. The van der Waals surface area contributed by atoms with Crippen LogP contribution in [0.25, 0.3) is 0 Å². The number of nitrogens with one attached hydrogen (secondary N) is 2. The number of likely N-dealkylation sites (tertiary alicyclic amines) is 2. The van der Waals surface area contributed by atoms with Gasteiger partial charge in [-0.15, -0.1) is 0 Å². The number of carbonyl (C=O) groups excluding carboxylic acids is 4. The van der Waals surface area contributed by atoms with Crippen molar-refractivity contribution in [3.63, 3.8) is 0 Å². The zero-order chi connectivity index (χ0) is 23.5. The van der Waals surface area contributed by atoms with Gasteiger partial charge in [0, 0.05) is 13.1 Å². The highest BCUT2D eigenvalue weighted by Crippen LogP contribution is 2.26. The highest BCUT2D eigenvalue weighted by atomic mass is 16.5. The van der Waals surface area contributed by atoms with Crippen LogP contribution in [-0.4, -0.2) is 89.4 Å². The zero-order valence-electron chi connectivity index (χ0n) is 19.4. The van der Waals surface area contributed by atoms with E-state index in [9.17, 15) is 19.2 Å². The monoisotopic (exact) mass is 451 g/mol. The van der Waals surface area contributed by atoms with Crippen molar-refractivity contribution in [1.29, 1.82) is 0 Å². The normalized spacial score (nSPS) is 26.9. The van der Waals surface area contributed by atoms with Crippen molar-refractivity contribution in [3.05, 3.63) is 0 Å². The van der Waals surface area contributed by atoms with Crippen LogP contribution in [0.15, 0.2) is 0 Å². The van der Waals surface area contributed by atoms with Crippen molar-refractivity contribution in [2.24, 2.45) is 5.73 Å². The molecule has 3 aliphatic rings. The van der Waals surface area contributed by atoms with Gasteiger partial charge in [0.05, 0.1) is 18.2 Å². The molecule has 0 radical (unpaired) electrons. The fourth-order valence-corrected chi connectivity index (χ4v) is 4.67. The number of rotatable bonds is 7. The van der Waals surface area contributed by atoms with E-state index >= 15 is 0 Å². The summed E-state index contributed by atoms with van der Waals surface area (Å²) in [6.45, 7) is 7.34. The third-order valence-corrected chi connectivity index (χ3v) is 6.36. The van der Waals surface area contributed by atoms with Gasteiger partial charge >= 0.3 is 0 Å². The molecule has 0 unspecified atom stereocenters. The minimum absolute atomic E-state index is 0.0216. The molecule has 0 bridgehead atoms. The zero-order valence-corrected chi connectivity index (χ0v) is 19.4. The molecule has 0 saturated carbocycles. The molecule has 0 aromatic heterocycles. The Morgan fingerprint density at radius 2 is 1.62 bits per heavy atom. The predicted molar refractivity (Wildman–Crippen MR) is 117 cm³/mol. The summed E-state index contributed by atoms with van der Waals surface area (Å²) in [5.41, 5.74) is 4.97. The fraction of sp³-hybridized carbons (Fsp3) is 0.818. The van der Waals surface area contributed by atoms with Crippen molar-refractivity contribution in [2.45, 2.75) is 89.1 Å². The van der Waals surface area contributed by atoms with E-state index in [1.807, 2.05) is 20.8 Å². The summed E-state index contributed by atoms with van der Waals surface area (Å²) in [4.78, 5) is 54.4. The van der Waals surface area contributed by atoms with Crippen molar-refractivity contribution in [3.8, 4) is 0 Å². The van der Waals surface area contributed by atoms with E-state index in [1.54, 1.807) is 9.80 Å². The molecule has 3 heterocycles. The number of hydrogen-bond donors (Lipinski definition) is 3. The van der Waals surface area contributed by atoms with Crippen LogP contribution in [0.4, 0.5) is 0 Å². The summed E-state index contributed by atoms with van der Waals surface area (Å²) in [6, 6.07) is -2.41. The second kappa shape index (κ2) is 10.2. The Hall–Kier alpha value is -2.20. The molecular formula is C22H37N5O5. The number of ether oxygens (including phenoxy) is 1. The summed E-state index contributed by atoms with van der Waals surface area (Å²) in [5.74, 6) is -1.31. The van der Waals surface area contributed by atoms with Gasteiger partial charge in [0.1, 0.15) is 18.1 Å². The van der Waals surface area contributed by atoms with Crippen LogP contribution in [0, 0.1) is 0 Å². The van der Waals surface area contributed by atoms with E-state index in [1.165, 1.54) is 0 Å². The summed E-state index contributed by atoms with van der Waals surface area (Å²) >= 11 is 0. The quantitative estimate of drug-likeness (QED) is 0.478. The van der Waals surface area contributed by atoms with Gasteiger partial charge in [0.25, 0.3) is 0 Å². The van der Waals surface area contributed by atoms with Crippen LogP contribution in [0.3, 0.4) is 0 Å². The molecule has 3 rings (SSSR count). The van der Waals surface area contributed by atoms with Crippen LogP contribution in [0.5, 0.6) is 0 Å². The van der Waals surface area contributed by atoms with Crippen LogP contribution >= 0.6 is 0 Å². The molecule has 3 aliphatic heterocycles. The second-order valence-corrected chi connectivity index (χ2v) is 9.92. The first-order valence-electron chi connectivity index (χ1n) is 11.7. The highest BCUT2D eigenvalue weighted by molar-refractivity contribution is 5.95. The molecule has 0 spiro atoms. The molecule has 3 saturated heterocycles. The van der Waals surface area contributed by atoms with E-state index in [0.717, 1.165) is 25.8 Å². The lowest BCUT2D eigenvalue weighted by Crippen LogP contribution is -2.57. The minimum Gasteiger partial charge on any atom is -0.373 e. The minimum atomic E-state index is -0.975. The smallest absolute Gasteiger partial charge is 0.246 e. The summed E-state index contributed by atoms with van der Waals surface area (Å²) < 4.78 is 5.61. The van der Waals surface area contributed by atoms with Gasteiger partial charge < -0.3 is 30.9 Å². The molecule has 4 N–H and O–H groups in total. The fourth-order valence-electron chi connectivity index (χ4n) is 4.67. The molecule has 0 aromatic rings. The SMILES string of the molecule is CC(C)(C)OC[C@H](NC(=O)[C@@H]1CCCN1C(=O)[C@@H]1CCCN1C(=O)[C@@H]1CCCN1)C(N)=O. The molecule has 0 aromatic carbocycles. The average Bonchev–Trinajstić information content (AvgIpc) is 3.49. The van der Waals surface area contributed by atoms with Gasteiger partial charge in [0.2, 0.25) is 23.6 Å². The molecular weight excluding hydrogens is 414 g/mol. The molecule has 10 heteroatoms. The predicted octanol–water partition coefficient (Wildman–Crippen LogP) is -0.494. The van der Waals surface area contributed by atoms with Crippen LogP contribution in [-0.2, 0) is 23.9 Å². The maximum atomic E-state index is 13.4. The van der Waals surface area contributed by atoms with Crippen molar-refractivity contribution < 1.29 is 23.9 Å². The third-order valence-electron chi connectivity index (χ3n) is 6.36. The molecule has 32 heavy (non-hydrogen) atoms. The number of hydrogen-bond acceptors (Lipinski definition) is 6. The van der Waals surface area contributed by atoms with Gasteiger partial charge in [-0.25, -0.2) is 0 Å². The van der Waals surface area contributed by atoms with Gasteiger partial charge in [-0.05, 0) is 65.8 Å². The summed E-state index contributed by atoms with van der Waals surface area (Å²) in [7, 11) is 0. The molecule has 0 aliphatic carbocycles. The van der Waals surface area contributed by atoms with Gasteiger partial charge in [-0.1, -0.05) is 0 Å². The topological polar surface area (TPSA) is 134 Å². The summed E-state index contributed by atoms with van der Waals surface area (Å²) in [5, 5.41) is 5.87. The van der Waals surface area contributed by atoms with Crippen LogP contribution < -0.4 is 16.4 Å². The van der Waals surface area contributed by atoms with Crippen molar-refractivity contribution in [1.82, 2.24) is 20.4 Å². The van der Waals surface area contributed by atoms with Crippen LogP contribution in [0.1, 0.15) is 59.3 Å².